The summed E-state index contributed by atoms with van der Waals surface area (Å²) in [5, 5.41) is 8.89. The summed E-state index contributed by atoms with van der Waals surface area (Å²) in [6.07, 6.45) is 1.95. The second-order valence-corrected chi connectivity index (χ2v) is 4.69. The molecule has 2 rings (SSSR count). The molecular weight excluding hydrogens is 215 g/mol. The molecule has 0 amide bonds. The summed E-state index contributed by atoms with van der Waals surface area (Å²) >= 11 is 0. The van der Waals surface area contributed by atoms with Crippen LogP contribution in [0.1, 0.15) is 19.8 Å². The Morgan fingerprint density at radius 1 is 1.35 bits per heavy atom. The van der Waals surface area contributed by atoms with E-state index in [9.17, 15) is 4.39 Å². The highest BCUT2D eigenvalue weighted by Crippen LogP contribution is 2.28. The third-order valence-electron chi connectivity index (χ3n) is 3.64. The van der Waals surface area contributed by atoms with Gasteiger partial charge < -0.3 is 4.90 Å². The minimum atomic E-state index is -0.153. The lowest BCUT2D eigenvalue weighted by atomic mass is 9.86. The first-order valence-electron chi connectivity index (χ1n) is 6.11. The second-order valence-electron chi connectivity index (χ2n) is 4.69. The third kappa shape index (κ3) is 2.58. The molecule has 1 aliphatic heterocycles. The quantitative estimate of drug-likeness (QED) is 0.783. The highest BCUT2D eigenvalue weighted by molar-refractivity contribution is 5.47. The Labute approximate surface area is 102 Å². The van der Waals surface area contributed by atoms with Gasteiger partial charge in [-0.05, 0) is 37.8 Å². The molecule has 0 bridgehead atoms. The molecular formula is C14H17FN2. The zero-order valence-corrected chi connectivity index (χ0v) is 10.1. The molecule has 17 heavy (non-hydrogen) atoms. The molecule has 0 radical (unpaired) electrons. The maximum atomic E-state index is 13.6. The highest BCUT2D eigenvalue weighted by atomic mass is 19.1. The van der Waals surface area contributed by atoms with E-state index in [1.54, 1.807) is 6.07 Å². The van der Waals surface area contributed by atoms with Gasteiger partial charge in [0.25, 0.3) is 0 Å². The van der Waals surface area contributed by atoms with Crippen LogP contribution in [-0.2, 0) is 0 Å². The zero-order valence-electron chi connectivity index (χ0n) is 10.1. The number of hydrogen-bond acceptors (Lipinski definition) is 2. The number of para-hydroxylation sites is 1. The molecule has 0 aromatic heterocycles. The Balaban J connectivity index is 2.01. The van der Waals surface area contributed by atoms with Crippen LogP contribution in [0.5, 0.6) is 0 Å². The Bertz CT molecular complexity index is 416. The van der Waals surface area contributed by atoms with Gasteiger partial charge in [-0.25, -0.2) is 4.39 Å². The number of nitriles is 1. The minimum Gasteiger partial charge on any atom is -0.369 e. The molecule has 1 aliphatic rings. The molecule has 1 heterocycles. The highest BCUT2D eigenvalue weighted by Gasteiger charge is 2.24. The zero-order chi connectivity index (χ0) is 12.3. The van der Waals surface area contributed by atoms with Crippen molar-refractivity contribution in [1.29, 1.82) is 5.26 Å². The predicted octanol–water partition coefficient (Wildman–Crippen LogP) is 3.20. The van der Waals surface area contributed by atoms with Gasteiger partial charge in [-0.1, -0.05) is 12.1 Å². The summed E-state index contributed by atoms with van der Waals surface area (Å²) in [5.74, 6) is 0.417. The van der Waals surface area contributed by atoms with Gasteiger partial charge in [0.05, 0.1) is 11.8 Å². The number of nitrogens with zero attached hydrogens (tertiary/aromatic N) is 2. The van der Waals surface area contributed by atoms with Gasteiger partial charge in [-0.15, -0.1) is 0 Å². The van der Waals surface area contributed by atoms with Crippen LogP contribution in [-0.4, -0.2) is 13.1 Å². The summed E-state index contributed by atoms with van der Waals surface area (Å²) < 4.78 is 13.6. The Kier molecular flexibility index (Phi) is 3.63. The summed E-state index contributed by atoms with van der Waals surface area (Å²) in [5.41, 5.74) is 0.690. The molecule has 1 aromatic carbocycles. The number of benzene rings is 1. The Hall–Kier alpha value is -1.56. The average Bonchev–Trinajstić information content (AvgIpc) is 2.39. The molecule has 0 N–H and O–H groups in total. The van der Waals surface area contributed by atoms with Crippen molar-refractivity contribution in [2.45, 2.75) is 19.8 Å². The van der Waals surface area contributed by atoms with E-state index in [1.807, 2.05) is 19.1 Å². The van der Waals surface area contributed by atoms with E-state index in [4.69, 9.17) is 5.26 Å². The third-order valence-corrected chi connectivity index (χ3v) is 3.64. The van der Waals surface area contributed by atoms with E-state index in [0.29, 0.717) is 11.6 Å². The van der Waals surface area contributed by atoms with Gasteiger partial charge in [0.1, 0.15) is 5.82 Å². The first kappa shape index (κ1) is 11.9. The van der Waals surface area contributed by atoms with Crippen LogP contribution >= 0.6 is 0 Å². The Morgan fingerprint density at radius 2 is 2.00 bits per heavy atom. The normalized spacial score (nSPS) is 18.8. The first-order valence-corrected chi connectivity index (χ1v) is 6.11. The monoisotopic (exact) mass is 232 g/mol. The van der Waals surface area contributed by atoms with Crippen molar-refractivity contribution < 1.29 is 4.39 Å². The molecule has 2 nitrogen and oxygen atoms in total. The molecule has 90 valence electrons. The fourth-order valence-electron chi connectivity index (χ4n) is 2.45. The minimum absolute atomic E-state index is 0.109. The van der Waals surface area contributed by atoms with Crippen LogP contribution in [0.15, 0.2) is 24.3 Å². The van der Waals surface area contributed by atoms with Crippen LogP contribution in [0.3, 0.4) is 0 Å². The van der Waals surface area contributed by atoms with Crippen molar-refractivity contribution in [2.24, 2.45) is 11.8 Å². The SMILES string of the molecule is CC(C#N)C1CCN(c2ccccc2F)CC1. The van der Waals surface area contributed by atoms with Crippen LogP contribution < -0.4 is 4.90 Å². The maximum Gasteiger partial charge on any atom is 0.146 e. The molecule has 1 atom stereocenters. The first-order chi connectivity index (χ1) is 8.22. The smallest absolute Gasteiger partial charge is 0.146 e. The number of anilines is 1. The van der Waals surface area contributed by atoms with E-state index in [-0.39, 0.29) is 11.7 Å². The summed E-state index contributed by atoms with van der Waals surface area (Å²) in [7, 11) is 0. The predicted molar refractivity (Wildman–Crippen MR) is 66.1 cm³/mol. The maximum absolute atomic E-state index is 13.6. The van der Waals surface area contributed by atoms with Crippen molar-refractivity contribution in [1.82, 2.24) is 0 Å². The van der Waals surface area contributed by atoms with E-state index < -0.39 is 0 Å². The summed E-state index contributed by atoms with van der Waals surface area (Å²) in [6, 6.07) is 9.21. The number of rotatable bonds is 2. The van der Waals surface area contributed by atoms with Gasteiger partial charge >= 0.3 is 0 Å². The van der Waals surface area contributed by atoms with E-state index in [1.165, 1.54) is 6.07 Å². The van der Waals surface area contributed by atoms with Gasteiger partial charge in [-0.3, -0.25) is 0 Å². The van der Waals surface area contributed by atoms with Crippen LogP contribution in [0.4, 0.5) is 10.1 Å². The van der Waals surface area contributed by atoms with Crippen molar-refractivity contribution in [2.75, 3.05) is 18.0 Å². The van der Waals surface area contributed by atoms with E-state index in [2.05, 4.69) is 11.0 Å². The topological polar surface area (TPSA) is 27.0 Å². The standard InChI is InChI=1S/C14H17FN2/c1-11(10-16)12-6-8-17(9-7-12)14-5-3-2-4-13(14)15/h2-5,11-12H,6-9H2,1H3. The van der Waals surface area contributed by atoms with E-state index in [0.717, 1.165) is 25.9 Å². The lowest BCUT2D eigenvalue weighted by Crippen LogP contribution is -2.35. The average molecular weight is 232 g/mol. The second kappa shape index (κ2) is 5.18. The summed E-state index contributed by atoms with van der Waals surface area (Å²) in [4.78, 5) is 2.08. The Morgan fingerprint density at radius 3 is 2.59 bits per heavy atom. The molecule has 0 spiro atoms. The number of hydrogen-bond donors (Lipinski definition) is 0. The van der Waals surface area contributed by atoms with Crippen LogP contribution in [0.2, 0.25) is 0 Å². The summed E-state index contributed by atoms with van der Waals surface area (Å²) in [6.45, 7) is 3.67. The van der Waals surface area contributed by atoms with Crippen molar-refractivity contribution in [3.8, 4) is 6.07 Å². The van der Waals surface area contributed by atoms with Crippen molar-refractivity contribution >= 4 is 5.69 Å². The fraction of sp³-hybridized carbons (Fsp3) is 0.500. The molecule has 3 heteroatoms. The molecule has 1 unspecified atom stereocenters. The number of piperidine rings is 1. The number of halogens is 1. The van der Waals surface area contributed by atoms with Crippen LogP contribution in [0.25, 0.3) is 0 Å². The molecule has 1 saturated heterocycles. The van der Waals surface area contributed by atoms with Gasteiger partial charge in [-0.2, -0.15) is 5.26 Å². The van der Waals surface area contributed by atoms with Crippen LogP contribution in [0, 0.1) is 29.0 Å². The van der Waals surface area contributed by atoms with E-state index >= 15 is 0 Å². The molecule has 0 aliphatic carbocycles. The lowest BCUT2D eigenvalue weighted by Gasteiger charge is -2.34. The lowest BCUT2D eigenvalue weighted by molar-refractivity contribution is 0.340. The van der Waals surface area contributed by atoms with Crippen molar-refractivity contribution in [3.05, 3.63) is 30.1 Å². The van der Waals surface area contributed by atoms with Gasteiger partial charge in [0.15, 0.2) is 0 Å². The largest absolute Gasteiger partial charge is 0.369 e. The van der Waals surface area contributed by atoms with Crippen molar-refractivity contribution in [3.63, 3.8) is 0 Å². The molecule has 0 saturated carbocycles. The fourth-order valence-corrected chi connectivity index (χ4v) is 2.45. The molecule has 1 fully saturated rings. The van der Waals surface area contributed by atoms with Gasteiger partial charge in [0, 0.05) is 19.0 Å². The van der Waals surface area contributed by atoms with Gasteiger partial charge in [0.2, 0.25) is 0 Å². The molecule has 1 aromatic rings.